The van der Waals surface area contributed by atoms with Gasteiger partial charge in [-0.3, -0.25) is 0 Å². The molecule has 0 fully saturated rings. The molecule has 2 heteroatoms. The second-order valence-electron chi connectivity index (χ2n) is 3.81. The first kappa shape index (κ1) is 12.2. The highest BCUT2D eigenvalue weighted by molar-refractivity contribution is 5.41. The molecule has 18 heavy (non-hydrogen) atoms. The Balaban J connectivity index is 2.16. The quantitative estimate of drug-likeness (QED) is 0.815. The van der Waals surface area contributed by atoms with E-state index < -0.39 is 6.10 Å². The van der Waals surface area contributed by atoms with Gasteiger partial charge in [-0.2, -0.15) is 0 Å². The Labute approximate surface area is 107 Å². The van der Waals surface area contributed by atoms with Crippen molar-refractivity contribution in [3.63, 3.8) is 0 Å². The summed E-state index contributed by atoms with van der Waals surface area (Å²) in [4.78, 5) is 0. The molecule has 0 spiro atoms. The molecule has 0 aliphatic carbocycles. The molecule has 90 valence electrons. The van der Waals surface area contributed by atoms with E-state index in [9.17, 15) is 5.11 Å². The van der Waals surface area contributed by atoms with Crippen LogP contribution in [0.2, 0.25) is 0 Å². The number of hydrogen-bond acceptors (Lipinski definition) is 2. The third kappa shape index (κ3) is 3.13. The van der Waals surface area contributed by atoms with E-state index in [4.69, 9.17) is 4.74 Å². The predicted molar refractivity (Wildman–Crippen MR) is 71.3 cm³/mol. The highest BCUT2D eigenvalue weighted by Gasteiger charge is 2.01. The van der Waals surface area contributed by atoms with Gasteiger partial charge >= 0.3 is 0 Å². The molecule has 0 saturated heterocycles. The Bertz CT molecular complexity index is 564. The van der Waals surface area contributed by atoms with E-state index in [-0.39, 0.29) is 0 Å². The smallest absolute Gasteiger partial charge is 0.140 e. The normalized spacial score (nSPS) is 11.2. The molecule has 1 unspecified atom stereocenters. The first-order valence-corrected chi connectivity index (χ1v) is 5.68. The lowest BCUT2D eigenvalue weighted by atomic mass is 10.1. The topological polar surface area (TPSA) is 29.5 Å². The lowest BCUT2D eigenvalue weighted by Gasteiger charge is -2.02. The molecule has 1 atom stereocenters. The van der Waals surface area contributed by atoms with Gasteiger partial charge < -0.3 is 9.84 Å². The summed E-state index contributed by atoms with van der Waals surface area (Å²) in [6, 6.07) is 16.8. The zero-order chi connectivity index (χ0) is 12.8. The summed E-state index contributed by atoms with van der Waals surface area (Å²) in [6.07, 6.45) is -0.766. The van der Waals surface area contributed by atoms with Crippen LogP contribution in [-0.2, 0) is 0 Å². The molecule has 0 radical (unpaired) electrons. The fourth-order valence-corrected chi connectivity index (χ4v) is 1.57. The molecule has 2 rings (SSSR count). The maximum absolute atomic E-state index is 9.90. The van der Waals surface area contributed by atoms with Crippen LogP contribution in [-0.4, -0.2) is 12.2 Å². The van der Waals surface area contributed by atoms with Gasteiger partial charge in [0.15, 0.2) is 0 Å². The van der Waals surface area contributed by atoms with Gasteiger partial charge in [-0.1, -0.05) is 48.2 Å². The van der Waals surface area contributed by atoms with Crippen LogP contribution in [0.5, 0.6) is 5.75 Å². The van der Waals surface area contributed by atoms with Gasteiger partial charge in [-0.25, -0.2) is 0 Å². The molecule has 1 N–H and O–H groups in total. The summed E-state index contributed by atoms with van der Waals surface area (Å²) in [5, 5.41) is 9.90. The molecule has 0 saturated carbocycles. The minimum absolute atomic E-state index is 0.760. The maximum Gasteiger partial charge on any atom is 0.140 e. The number of ether oxygens (including phenoxy) is 1. The molecule has 0 bridgehead atoms. The van der Waals surface area contributed by atoms with Crippen molar-refractivity contribution in [1.29, 1.82) is 0 Å². The van der Waals surface area contributed by atoms with Crippen LogP contribution >= 0.6 is 0 Å². The second kappa shape index (κ2) is 5.90. The molecular formula is C16H14O2. The third-order valence-corrected chi connectivity index (χ3v) is 2.54. The van der Waals surface area contributed by atoms with Gasteiger partial charge in [0.25, 0.3) is 0 Å². The van der Waals surface area contributed by atoms with Crippen molar-refractivity contribution >= 4 is 0 Å². The van der Waals surface area contributed by atoms with Crippen LogP contribution in [0.3, 0.4) is 0 Å². The van der Waals surface area contributed by atoms with Crippen LogP contribution in [0.15, 0.2) is 54.6 Å². The molecular weight excluding hydrogens is 224 g/mol. The molecule has 0 amide bonds. The highest BCUT2D eigenvalue weighted by atomic mass is 16.5. The molecule has 0 aromatic heterocycles. The SMILES string of the molecule is COc1cccc(C#CC(O)c2ccccc2)c1. The van der Waals surface area contributed by atoms with E-state index in [1.165, 1.54) is 0 Å². The molecule has 0 aliphatic rings. The monoisotopic (exact) mass is 238 g/mol. The summed E-state index contributed by atoms with van der Waals surface area (Å²) < 4.78 is 5.12. The van der Waals surface area contributed by atoms with Crippen LogP contribution in [0.4, 0.5) is 0 Å². The summed E-state index contributed by atoms with van der Waals surface area (Å²) in [5.41, 5.74) is 1.62. The van der Waals surface area contributed by atoms with Gasteiger partial charge in [0.1, 0.15) is 11.9 Å². The Morgan fingerprint density at radius 1 is 1.06 bits per heavy atom. The minimum Gasteiger partial charge on any atom is -0.497 e. The van der Waals surface area contributed by atoms with Crippen LogP contribution in [0, 0.1) is 11.8 Å². The molecule has 2 aromatic carbocycles. The van der Waals surface area contributed by atoms with E-state index in [1.54, 1.807) is 7.11 Å². The minimum atomic E-state index is -0.766. The molecule has 2 aromatic rings. The van der Waals surface area contributed by atoms with Gasteiger partial charge in [0.05, 0.1) is 7.11 Å². The van der Waals surface area contributed by atoms with E-state index in [2.05, 4.69) is 11.8 Å². The second-order valence-corrected chi connectivity index (χ2v) is 3.81. The Morgan fingerprint density at radius 3 is 2.56 bits per heavy atom. The van der Waals surface area contributed by atoms with Crippen molar-refractivity contribution in [1.82, 2.24) is 0 Å². The van der Waals surface area contributed by atoms with Crippen LogP contribution < -0.4 is 4.74 Å². The molecule has 0 aliphatic heterocycles. The summed E-state index contributed by atoms with van der Waals surface area (Å²) in [5.74, 6) is 6.51. The van der Waals surface area contributed by atoms with E-state index >= 15 is 0 Å². The summed E-state index contributed by atoms with van der Waals surface area (Å²) >= 11 is 0. The fourth-order valence-electron chi connectivity index (χ4n) is 1.57. The number of aliphatic hydroxyl groups excluding tert-OH is 1. The number of aliphatic hydroxyl groups is 1. The van der Waals surface area contributed by atoms with E-state index in [1.807, 2.05) is 54.6 Å². The first-order chi connectivity index (χ1) is 8.79. The zero-order valence-electron chi connectivity index (χ0n) is 10.1. The average molecular weight is 238 g/mol. The highest BCUT2D eigenvalue weighted by Crippen LogP contribution is 2.13. The van der Waals surface area contributed by atoms with Gasteiger partial charge in [0.2, 0.25) is 0 Å². The van der Waals surface area contributed by atoms with Gasteiger partial charge in [-0.05, 0) is 23.8 Å². The first-order valence-electron chi connectivity index (χ1n) is 5.68. The van der Waals surface area contributed by atoms with E-state index in [0.717, 1.165) is 16.9 Å². The van der Waals surface area contributed by atoms with Crippen molar-refractivity contribution < 1.29 is 9.84 Å². The van der Waals surface area contributed by atoms with Crippen molar-refractivity contribution in [2.24, 2.45) is 0 Å². The number of methoxy groups -OCH3 is 1. The predicted octanol–water partition coefficient (Wildman–Crippen LogP) is 2.78. The third-order valence-electron chi connectivity index (χ3n) is 2.54. The lowest BCUT2D eigenvalue weighted by Crippen LogP contribution is -1.92. The number of benzene rings is 2. The van der Waals surface area contributed by atoms with Crippen molar-refractivity contribution in [2.45, 2.75) is 6.10 Å². The fraction of sp³-hybridized carbons (Fsp3) is 0.125. The van der Waals surface area contributed by atoms with Crippen molar-refractivity contribution in [3.8, 4) is 17.6 Å². The number of hydrogen-bond donors (Lipinski definition) is 1. The average Bonchev–Trinajstić information content (AvgIpc) is 2.46. The van der Waals surface area contributed by atoms with Gasteiger partial charge in [0, 0.05) is 5.56 Å². The Hall–Kier alpha value is -2.24. The van der Waals surface area contributed by atoms with Crippen LogP contribution in [0.25, 0.3) is 0 Å². The van der Waals surface area contributed by atoms with Crippen molar-refractivity contribution in [3.05, 3.63) is 65.7 Å². The van der Waals surface area contributed by atoms with Crippen LogP contribution in [0.1, 0.15) is 17.2 Å². The van der Waals surface area contributed by atoms with Gasteiger partial charge in [-0.15, -0.1) is 0 Å². The lowest BCUT2D eigenvalue weighted by molar-refractivity contribution is 0.238. The summed E-state index contributed by atoms with van der Waals surface area (Å²) in [7, 11) is 1.62. The standard InChI is InChI=1S/C16H14O2/c1-18-15-9-5-6-13(12-15)10-11-16(17)14-7-3-2-4-8-14/h2-9,12,16-17H,1H3. The van der Waals surface area contributed by atoms with Crippen molar-refractivity contribution in [2.75, 3.05) is 7.11 Å². The molecule has 0 heterocycles. The summed E-state index contributed by atoms with van der Waals surface area (Å²) in [6.45, 7) is 0. The van der Waals surface area contributed by atoms with E-state index in [0.29, 0.717) is 0 Å². The molecule has 2 nitrogen and oxygen atoms in total. The number of rotatable bonds is 2. The maximum atomic E-state index is 9.90. The Morgan fingerprint density at radius 2 is 1.83 bits per heavy atom. The Kier molecular flexibility index (Phi) is 4.01. The zero-order valence-corrected chi connectivity index (χ0v) is 10.1. The largest absolute Gasteiger partial charge is 0.497 e.